The van der Waals surface area contributed by atoms with E-state index in [1.54, 1.807) is 0 Å². The molecule has 14 rings (SSSR count). The molecule has 0 aliphatic carbocycles. The average Bonchev–Trinajstić information content (AvgIpc) is 4.05. The van der Waals surface area contributed by atoms with Gasteiger partial charge in [-0.05, 0) is 83.2 Å². The fourth-order valence-corrected chi connectivity index (χ4v) is 11.6. The van der Waals surface area contributed by atoms with Gasteiger partial charge < -0.3 is 9.13 Å². The van der Waals surface area contributed by atoms with Crippen LogP contribution in [0.3, 0.4) is 0 Å². The fourth-order valence-electron chi connectivity index (χ4n) is 10.5. The molecule has 0 atom stereocenters. The van der Waals surface area contributed by atoms with E-state index in [-0.39, 0.29) is 5.56 Å². The first-order chi connectivity index (χ1) is 29.7. The fraction of sp³-hybridized carbons (Fsp3) is 0. The van der Waals surface area contributed by atoms with E-state index in [1.807, 2.05) is 33.9 Å². The van der Waals surface area contributed by atoms with Crippen LogP contribution < -0.4 is 5.56 Å². The highest BCUT2D eigenvalue weighted by molar-refractivity contribution is 7.26. The van der Waals surface area contributed by atoms with E-state index in [2.05, 4.69) is 179 Å². The molecular weight excluding hydrogens is 751 g/mol. The second-order valence-corrected chi connectivity index (χ2v) is 17.1. The summed E-state index contributed by atoms with van der Waals surface area (Å²) >= 11 is 1.84. The highest BCUT2D eigenvalue weighted by Crippen LogP contribution is 2.45. The summed E-state index contributed by atoms with van der Waals surface area (Å²) in [6.07, 6.45) is 0. The van der Waals surface area contributed by atoms with Crippen molar-refractivity contribution < 1.29 is 0 Å². The molecule has 0 saturated carbocycles. The molecule has 0 unspecified atom stereocenters. The van der Waals surface area contributed by atoms with Gasteiger partial charge in [-0.25, -0.2) is 0 Å². The Morgan fingerprint density at radius 3 is 1.70 bits per heavy atom. The summed E-state index contributed by atoms with van der Waals surface area (Å²) in [6.45, 7) is 0. The van der Waals surface area contributed by atoms with Crippen LogP contribution in [-0.4, -0.2) is 13.5 Å². The number of hydrogen-bond donors (Lipinski definition) is 0. The van der Waals surface area contributed by atoms with Crippen molar-refractivity contribution in [3.8, 4) is 22.5 Å². The molecule has 4 nitrogen and oxygen atoms in total. The van der Waals surface area contributed by atoms with Gasteiger partial charge in [-0.1, -0.05) is 121 Å². The van der Waals surface area contributed by atoms with Gasteiger partial charge in [0.15, 0.2) is 0 Å². The highest BCUT2D eigenvalue weighted by Gasteiger charge is 2.23. The predicted octanol–water partition coefficient (Wildman–Crippen LogP) is 14.4. The first-order valence-electron chi connectivity index (χ1n) is 20.4. The van der Waals surface area contributed by atoms with E-state index in [4.69, 9.17) is 0 Å². The van der Waals surface area contributed by atoms with Crippen molar-refractivity contribution in [2.45, 2.75) is 0 Å². The van der Waals surface area contributed by atoms with Gasteiger partial charge in [0.2, 0.25) is 0 Å². The van der Waals surface area contributed by atoms with E-state index in [0.29, 0.717) is 0 Å². The van der Waals surface area contributed by atoms with Crippen molar-refractivity contribution >= 4 is 113 Å². The Morgan fingerprint density at radius 1 is 0.350 bits per heavy atom. The van der Waals surface area contributed by atoms with Crippen LogP contribution in [0.1, 0.15) is 0 Å². The van der Waals surface area contributed by atoms with Gasteiger partial charge in [-0.3, -0.25) is 9.20 Å². The summed E-state index contributed by atoms with van der Waals surface area (Å²) in [6, 6.07) is 67.8. The first-order valence-corrected chi connectivity index (χ1v) is 21.2. The zero-order valence-electron chi connectivity index (χ0n) is 32.1. The standard InChI is InChI=1S/C55H31N3OS/c59-55-43-17-5-4-14-36(43)39-19-10-20-40-44-30-32(24-28-48(44)58(55)52(39)40)35-18-11-23-50-51(35)45-31-34(25-29-49(45)60-50)57-47-22-9-7-16-38(47)42-27-26-41-37-15-6-8-21-46(37)56(53(41)54(42)57)33-12-2-1-3-13-33/h1-31H. The van der Waals surface area contributed by atoms with E-state index in [1.165, 1.54) is 69.3 Å². The van der Waals surface area contributed by atoms with E-state index in [0.717, 1.165) is 54.9 Å². The molecule has 278 valence electrons. The van der Waals surface area contributed by atoms with Crippen LogP contribution in [-0.2, 0) is 0 Å². The number of thiophene rings is 1. The third-order valence-corrected chi connectivity index (χ3v) is 14.1. The summed E-state index contributed by atoms with van der Waals surface area (Å²) < 4.78 is 9.37. The van der Waals surface area contributed by atoms with Crippen LogP contribution in [0.4, 0.5) is 0 Å². The minimum absolute atomic E-state index is 0.0296. The number of nitrogens with zero attached hydrogens (tertiary/aromatic N) is 3. The molecule has 0 spiro atoms. The molecule has 14 aromatic rings. The maximum absolute atomic E-state index is 14.1. The molecule has 0 N–H and O–H groups in total. The number of aromatic nitrogens is 3. The van der Waals surface area contributed by atoms with Crippen LogP contribution in [0.2, 0.25) is 0 Å². The van der Waals surface area contributed by atoms with E-state index < -0.39 is 0 Å². The number of hydrogen-bond acceptors (Lipinski definition) is 2. The van der Waals surface area contributed by atoms with Crippen LogP contribution in [0, 0.1) is 0 Å². The zero-order chi connectivity index (χ0) is 39.2. The molecule has 5 heterocycles. The van der Waals surface area contributed by atoms with Gasteiger partial charge >= 0.3 is 0 Å². The Morgan fingerprint density at radius 2 is 0.950 bits per heavy atom. The molecule has 0 fully saturated rings. The van der Waals surface area contributed by atoms with Gasteiger partial charge in [0, 0.05) is 74.6 Å². The van der Waals surface area contributed by atoms with Gasteiger partial charge in [0.05, 0.1) is 33.1 Å². The quantitative estimate of drug-likeness (QED) is 0.164. The number of para-hydroxylation sites is 4. The lowest BCUT2D eigenvalue weighted by Crippen LogP contribution is -2.12. The second-order valence-electron chi connectivity index (χ2n) is 16.0. The molecule has 0 saturated heterocycles. The van der Waals surface area contributed by atoms with Crippen LogP contribution in [0.25, 0.3) is 124 Å². The molecule has 0 aliphatic heterocycles. The Bertz CT molecular complexity index is 4200. The van der Waals surface area contributed by atoms with E-state index >= 15 is 0 Å². The molecule has 0 radical (unpaired) electrons. The molecule has 0 amide bonds. The van der Waals surface area contributed by atoms with Crippen LogP contribution in [0.15, 0.2) is 193 Å². The second kappa shape index (κ2) is 11.7. The lowest BCUT2D eigenvalue weighted by Gasteiger charge is -2.13. The topological polar surface area (TPSA) is 31.3 Å². The third-order valence-electron chi connectivity index (χ3n) is 13.0. The summed E-state index contributed by atoms with van der Waals surface area (Å²) in [5.74, 6) is 0. The molecule has 0 aliphatic rings. The zero-order valence-corrected chi connectivity index (χ0v) is 32.9. The normalized spacial score (nSPS) is 12.4. The van der Waals surface area contributed by atoms with E-state index in [9.17, 15) is 4.79 Å². The Balaban J connectivity index is 1.05. The summed E-state index contributed by atoms with van der Waals surface area (Å²) in [7, 11) is 0. The molecule has 9 aromatic carbocycles. The van der Waals surface area contributed by atoms with Crippen molar-refractivity contribution in [1.82, 2.24) is 13.5 Å². The number of rotatable bonds is 3. The average molecular weight is 782 g/mol. The smallest absolute Gasteiger partial charge is 0.263 e. The van der Waals surface area contributed by atoms with Crippen molar-refractivity contribution in [2.75, 3.05) is 0 Å². The van der Waals surface area contributed by atoms with Crippen molar-refractivity contribution in [3.63, 3.8) is 0 Å². The first kappa shape index (κ1) is 32.3. The molecule has 5 aromatic heterocycles. The minimum atomic E-state index is 0.0296. The summed E-state index contributed by atoms with van der Waals surface area (Å²) in [5, 5.41) is 12.5. The molecule has 5 heteroatoms. The number of pyridine rings is 1. The lowest BCUT2D eigenvalue weighted by molar-refractivity contribution is 1.15. The molecule has 60 heavy (non-hydrogen) atoms. The number of fused-ring (bicyclic) bond motifs is 15. The summed E-state index contributed by atoms with van der Waals surface area (Å²) in [5.41, 5.74) is 11.3. The largest absolute Gasteiger partial charge is 0.307 e. The Hall–Kier alpha value is -7.73. The Labute approximate surface area is 345 Å². The van der Waals surface area contributed by atoms with Crippen molar-refractivity contribution in [3.05, 3.63) is 198 Å². The maximum Gasteiger partial charge on any atom is 0.263 e. The number of benzene rings is 9. The van der Waals surface area contributed by atoms with Gasteiger partial charge in [-0.15, -0.1) is 11.3 Å². The minimum Gasteiger partial charge on any atom is -0.307 e. The molecule has 0 bridgehead atoms. The third kappa shape index (κ3) is 4.11. The predicted molar refractivity (Wildman–Crippen MR) is 254 cm³/mol. The van der Waals surface area contributed by atoms with Crippen LogP contribution in [0.5, 0.6) is 0 Å². The van der Waals surface area contributed by atoms with Crippen LogP contribution >= 0.6 is 11.3 Å². The maximum atomic E-state index is 14.1. The Kier molecular flexibility index (Phi) is 6.28. The van der Waals surface area contributed by atoms with Gasteiger partial charge in [0.25, 0.3) is 5.56 Å². The molecular formula is C55H31N3OS. The van der Waals surface area contributed by atoms with Crippen molar-refractivity contribution in [1.29, 1.82) is 0 Å². The lowest BCUT2D eigenvalue weighted by atomic mass is 9.97. The monoisotopic (exact) mass is 781 g/mol. The highest BCUT2D eigenvalue weighted by atomic mass is 32.1. The van der Waals surface area contributed by atoms with Gasteiger partial charge in [-0.2, -0.15) is 0 Å². The summed E-state index contributed by atoms with van der Waals surface area (Å²) in [4.78, 5) is 14.1. The van der Waals surface area contributed by atoms with Crippen molar-refractivity contribution in [2.24, 2.45) is 0 Å². The van der Waals surface area contributed by atoms with Gasteiger partial charge in [0.1, 0.15) is 0 Å². The SMILES string of the molecule is O=c1c2ccccc2c2cccc3c4cc(-c5cccc6sc7ccc(-n8c9ccccc9c9ccc%10c%11ccccc%11n(-c%11ccccc%11)c%10c98)cc7c56)ccc4n1c23.